The second kappa shape index (κ2) is 20.1. The van der Waals surface area contributed by atoms with E-state index in [4.69, 9.17) is 47.4 Å². The van der Waals surface area contributed by atoms with Gasteiger partial charge in [-0.1, -0.05) is 24.3 Å². The smallest absolute Gasteiger partial charge is 0.161 e. The molecule has 0 spiro atoms. The Bertz CT molecular complexity index is 1000. The first-order valence-electron chi connectivity index (χ1n) is 14.8. The monoisotopic (exact) mass is 588 g/mol. The van der Waals surface area contributed by atoms with Gasteiger partial charge in [0.15, 0.2) is 23.0 Å². The van der Waals surface area contributed by atoms with Gasteiger partial charge in [0.25, 0.3) is 0 Å². The Morgan fingerprint density at radius 1 is 0.357 bits per heavy atom. The molecule has 0 bridgehead atoms. The van der Waals surface area contributed by atoms with Crippen molar-refractivity contribution in [1.82, 2.24) is 0 Å². The van der Waals surface area contributed by atoms with Crippen LogP contribution in [0.3, 0.4) is 0 Å². The molecule has 0 saturated carbocycles. The standard InChI is InChI=1S/C32H44O10/c1-2-6-28-26-32-31(25-27(28)5-1)41-23-19-37-15-11-33-9-13-35-17-21-39-29-7-3-4-8-30(29)40-22-18-36-14-10-34-12-16-38-20-24-42-32/h1-2,5-8,25-26H,3-4,9-24H2. The molecule has 10 nitrogen and oxygen atoms in total. The summed E-state index contributed by atoms with van der Waals surface area (Å²) in [5.74, 6) is 2.87. The molecule has 1 heterocycles. The lowest BCUT2D eigenvalue weighted by atomic mass is 10.1. The van der Waals surface area contributed by atoms with Crippen LogP contribution in [0.2, 0.25) is 0 Å². The quantitative estimate of drug-likeness (QED) is 0.444. The Labute approximate surface area is 248 Å². The maximum Gasteiger partial charge on any atom is 0.161 e. The van der Waals surface area contributed by atoms with Crippen molar-refractivity contribution in [2.45, 2.75) is 12.8 Å². The molecule has 1 aliphatic heterocycles. The molecule has 0 atom stereocenters. The van der Waals surface area contributed by atoms with Crippen LogP contribution in [0.1, 0.15) is 12.8 Å². The zero-order valence-electron chi connectivity index (χ0n) is 24.4. The Kier molecular flexibility index (Phi) is 15.4. The first-order chi connectivity index (χ1) is 20.9. The van der Waals surface area contributed by atoms with Crippen LogP contribution in [-0.4, -0.2) is 106 Å². The molecule has 42 heavy (non-hydrogen) atoms. The maximum absolute atomic E-state index is 6.01. The summed E-state index contributed by atoms with van der Waals surface area (Å²) in [5.41, 5.74) is 0. The number of hydrogen-bond acceptors (Lipinski definition) is 10. The van der Waals surface area contributed by atoms with Crippen LogP contribution in [0.5, 0.6) is 11.5 Å². The predicted octanol–water partition coefficient (Wildman–Crippen LogP) is 4.31. The fraction of sp³-hybridized carbons (Fsp3) is 0.562. The Balaban J connectivity index is 1.21. The number of fused-ring (bicyclic) bond motifs is 3. The van der Waals surface area contributed by atoms with Crippen molar-refractivity contribution < 1.29 is 47.4 Å². The Morgan fingerprint density at radius 2 is 0.667 bits per heavy atom. The summed E-state index contributed by atoms with van der Waals surface area (Å²) < 4.78 is 57.6. The summed E-state index contributed by atoms with van der Waals surface area (Å²) in [6.07, 6.45) is 5.96. The maximum atomic E-state index is 6.01. The molecule has 0 fully saturated rings. The average molecular weight is 589 g/mol. The van der Waals surface area contributed by atoms with Crippen LogP contribution in [0.4, 0.5) is 0 Å². The first kappa shape index (κ1) is 32.1. The van der Waals surface area contributed by atoms with E-state index in [1.165, 1.54) is 0 Å². The van der Waals surface area contributed by atoms with E-state index in [9.17, 15) is 0 Å². The van der Waals surface area contributed by atoms with Crippen LogP contribution in [-0.2, 0) is 37.9 Å². The van der Waals surface area contributed by atoms with Crippen LogP contribution in [0.25, 0.3) is 10.8 Å². The lowest BCUT2D eigenvalue weighted by Crippen LogP contribution is -2.15. The van der Waals surface area contributed by atoms with Gasteiger partial charge in [-0.2, -0.15) is 0 Å². The molecule has 0 unspecified atom stereocenters. The summed E-state index contributed by atoms with van der Waals surface area (Å²) >= 11 is 0. The highest BCUT2D eigenvalue weighted by molar-refractivity contribution is 5.86. The minimum atomic E-state index is 0.397. The van der Waals surface area contributed by atoms with Crippen molar-refractivity contribution in [1.29, 1.82) is 0 Å². The van der Waals surface area contributed by atoms with E-state index in [1.54, 1.807) is 0 Å². The Hall–Kier alpha value is -2.86. The molecule has 2 aromatic carbocycles. The highest BCUT2D eigenvalue weighted by Crippen LogP contribution is 2.32. The molecular weight excluding hydrogens is 544 g/mol. The van der Waals surface area contributed by atoms with Crippen LogP contribution in [0, 0.1) is 0 Å². The SMILES string of the molecule is C1=C2OCCOCCOCCOCCOc3cc4ccccc4cc3OCCOCCOCCOCCOC2=CCC1. The number of benzene rings is 2. The van der Waals surface area contributed by atoms with Gasteiger partial charge in [0.1, 0.15) is 26.4 Å². The van der Waals surface area contributed by atoms with Gasteiger partial charge < -0.3 is 47.4 Å². The van der Waals surface area contributed by atoms with Crippen molar-refractivity contribution >= 4 is 10.8 Å². The third-order valence-electron chi connectivity index (χ3n) is 6.31. The topological polar surface area (TPSA) is 92.3 Å². The van der Waals surface area contributed by atoms with Gasteiger partial charge in [-0.3, -0.25) is 0 Å². The largest absolute Gasteiger partial charge is 0.488 e. The molecule has 232 valence electrons. The Morgan fingerprint density at radius 3 is 1.02 bits per heavy atom. The minimum Gasteiger partial charge on any atom is -0.488 e. The molecule has 1 aliphatic carbocycles. The summed E-state index contributed by atoms with van der Waals surface area (Å²) in [4.78, 5) is 0. The fourth-order valence-electron chi connectivity index (χ4n) is 4.24. The molecule has 0 radical (unpaired) electrons. The second-order valence-corrected chi connectivity index (χ2v) is 9.43. The molecule has 0 N–H and O–H groups in total. The van der Waals surface area contributed by atoms with Crippen LogP contribution >= 0.6 is 0 Å². The summed E-state index contributed by atoms with van der Waals surface area (Å²) in [5, 5.41) is 2.16. The van der Waals surface area contributed by atoms with Gasteiger partial charge in [0, 0.05) is 0 Å². The van der Waals surface area contributed by atoms with E-state index in [0.717, 1.165) is 35.1 Å². The molecule has 2 aliphatic rings. The molecule has 2 aromatic rings. The van der Waals surface area contributed by atoms with Crippen molar-refractivity contribution in [3.05, 3.63) is 60.1 Å². The fourth-order valence-corrected chi connectivity index (χ4v) is 4.24. The summed E-state index contributed by atoms with van der Waals surface area (Å²) in [6.45, 7) is 7.36. The lowest BCUT2D eigenvalue weighted by molar-refractivity contribution is -0.00449. The number of ether oxygens (including phenoxy) is 10. The molecule has 4 rings (SSSR count). The van der Waals surface area contributed by atoms with Crippen LogP contribution in [0.15, 0.2) is 60.1 Å². The predicted molar refractivity (Wildman–Crippen MR) is 157 cm³/mol. The van der Waals surface area contributed by atoms with E-state index in [0.29, 0.717) is 117 Å². The highest BCUT2D eigenvalue weighted by Gasteiger charge is 2.12. The van der Waals surface area contributed by atoms with Gasteiger partial charge in [-0.15, -0.1) is 0 Å². The highest BCUT2D eigenvalue weighted by atomic mass is 16.6. The van der Waals surface area contributed by atoms with Crippen LogP contribution < -0.4 is 9.47 Å². The zero-order valence-corrected chi connectivity index (χ0v) is 24.4. The van der Waals surface area contributed by atoms with E-state index in [2.05, 4.69) is 24.3 Å². The van der Waals surface area contributed by atoms with Crippen molar-refractivity contribution in [3.63, 3.8) is 0 Å². The van der Waals surface area contributed by atoms with Gasteiger partial charge in [0.2, 0.25) is 0 Å². The zero-order chi connectivity index (χ0) is 28.9. The summed E-state index contributed by atoms with van der Waals surface area (Å²) in [6, 6.07) is 12.1. The normalized spacial score (nSPS) is 20.6. The minimum absolute atomic E-state index is 0.397. The van der Waals surface area contributed by atoms with Gasteiger partial charge in [-0.05, 0) is 47.9 Å². The third kappa shape index (κ3) is 12.2. The van der Waals surface area contributed by atoms with Gasteiger partial charge in [0.05, 0.1) is 79.3 Å². The second-order valence-electron chi connectivity index (χ2n) is 9.43. The van der Waals surface area contributed by atoms with Crippen molar-refractivity contribution in [2.24, 2.45) is 0 Å². The summed E-state index contributed by atoms with van der Waals surface area (Å²) in [7, 11) is 0. The lowest BCUT2D eigenvalue weighted by Gasteiger charge is -2.18. The van der Waals surface area contributed by atoms with Gasteiger partial charge in [-0.25, -0.2) is 0 Å². The van der Waals surface area contributed by atoms with E-state index < -0.39 is 0 Å². The number of hydrogen-bond donors (Lipinski definition) is 0. The molecule has 0 aromatic heterocycles. The van der Waals surface area contributed by atoms with E-state index in [-0.39, 0.29) is 0 Å². The molecular formula is C32H44O10. The molecule has 0 amide bonds. The van der Waals surface area contributed by atoms with Crippen molar-refractivity contribution in [3.8, 4) is 11.5 Å². The first-order valence-corrected chi connectivity index (χ1v) is 14.8. The average Bonchev–Trinajstić information content (AvgIpc) is 3.01. The third-order valence-corrected chi connectivity index (χ3v) is 6.31. The van der Waals surface area contributed by atoms with E-state index in [1.807, 2.05) is 24.3 Å². The van der Waals surface area contributed by atoms with Crippen molar-refractivity contribution in [2.75, 3.05) is 106 Å². The number of allylic oxidation sites excluding steroid dienone is 2. The number of rotatable bonds is 0. The molecule has 10 heteroatoms. The molecule has 0 saturated heterocycles. The van der Waals surface area contributed by atoms with Gasteiger partial charge >= 0.3 is 0 Å². The van der Waals surface area contributed by atoms with E-state index >= 15 is 0 Å².